The van der Waals surface area contributed by atoms with E-state index in [4.69, 9.17) is 34.4 Å². The third-order valence-corrected chi connectivity index (χ3v) is 4.09. The monoisotopic (exact) mass is 386 g/mol. The van der Waals surface area contributed by atoms with Gasteiger partial charge < -0.3 is 10.1 Å². The molecule has 7 heteroatoms. The molecule has 3 amide bonds. The minimum atomic E-state index is -0.529. The minimum Gasteiger partial charge on any atom is -0.478 e. The van der Waals surface area contributed by atoms with E-state index in [9.17, 15) is 9.59 Å². The quantitative estimate of drug-likeness (QED) is 0.488. The van der Waals surface area contributed by atoms with E-state index in [1.165, 1.54) is 6.08 Å². The van der Waals surface area contributed by atoms with Crippen LogP contribution >= 0.6 is 23.2 Å². The number of urea groups is 1. The van der Waals surface area contributed by atoms with Crippen LogP contribution in [0.4, 0.5) is 10.5 Å². The first-order chi connectivity index (χ1) is 12.5. The summed E-state index contributed by atoms with van der Waals surface area (Å²) in [5.41, 5.74) is 1.13. The number of carbonyl (C=O) groups excluding carboxylic acids is 2. The van der Waals surface area contributed by atoms with E-state index in [0.717, 1.165) is 4.90 Å². The smallest absolute Gasteiger partial charge is 0.333 e. The number of benzene rings is 2. The van der Waals surface area contributed by atoms with Gasteiger partial charge in [-0.1, -0.05) is 47.3 Å². The molecule has 2 aromatic carbocycles. The molecule has 0 aliphatic carbocycles. The Labute approximate surface area is 160 Å². The van der Waals surface area contributed by atoms with Gasteiger partial charge in [-0.3, -0.25) is 4.79 Å². The number of hydrogen-bond acceptors (Lipinski definition) is 3. The first kappa shape index (κ1) is 17.9. The number of nitrogens with zero attached hydrogens (tertiary/aromatic N) is 1. The van der Waals surface area contributed by atoms with Gasteiger partial charge in [0.25, 0.3) is 5.91 Å². The molecule has 3 rings (SSSR count). The van der Waals surface area contributed by atoms with Crippen LogP contribution in [0.3, 0.4) is 0 Å². The minimum absolute atomic E-state index is 0.0282. The normalized spacial score (nSPS) is 15.1. The molecule has 0 atom stereocenters. The van der Waals surface area contributed by atoms with Crippen molar-refractivity contribution < 1.29 is 14.3 Å². The van der Waals surface area contributed by atoms with Gasteiger partial charge in [0.15, 0.2) is 5.75 Å². The van der Waals surface area contributed by atoms with Crippen molar-refractivity contribution in [1.82, 2.24) is 5.32 Å². The molecule has 130 valence electrons. The SMILES string of the molecule is C#CCOc1c(Cl)cc(C=C2NC(=O)N(c3ccccc3)C2=O)cc1Cl. The van der Waals surface area contributed by atoms with Gasteiger partial charge in [-0.15, -0.1) is 6.42 Å². The largest absolute Gasteiger partial charge is 0.478 e. The molecule has 2 aromatic rings. The molecule has 0 unspecified atom stereocenters. The number of ether oxygens (including phenoxy) is 1. The number of imide groups is 1. The van der Waals surface area contributed by atoms with Gasteiger partial charge in [-0.05, 0) is 35.9 Å². The van der Waals surface area contributed by atoms with Crippen molar-refractivity contribution in [1.29, 1.82) is 0 Å². The topological polar surface area (TPSA) is 58.6 Å². The Morgan fingerprint density at radius 2 is 1.81 bits per heavy atom. The van der Waals surface area contributed by atoms with Crippen LogP contribution in [-0.2, 0) is 4.79 Å². The number of carbonyl (C=O) groups is 2. The van der Waals surface area contributed by atoms with Gasteiger partial charge in [0.1, 0.15) is 12.3 Å². The van der Waals surface area contributed by atoms with Crippen LogP contribution in [0.1, 0.15) is 5.56 Å². The van der Waals surface area contributed by atoms with Gasteiger partial charge in [0, 0.05) is 0 Å². The fraction of sp³-hybridized carbons (Fsp3) is 0.0526. The second-order valence-electron chi connectivity index (χ2n) is 5.27. The lowest BCUT2D eigenvalue weighted by Crippen LogP contribution is -2.30. The summed E-state index contributed by atoms with van der Waals surface area (Å²) in [6.07, 6.45) is 6.64. The third kappa shape index (κ3) is 3.52. The van der Waals surface area contributed by atoms with E-state index in [-0.39, 0.29) is 28.1 Å². The fourth-order valence-electron chi connectivity index (χ4n) is 2.43. The van der Waals surface area contributed by atoms with Gasteiger partial charge in [-0.25, -0.2) is 9.69 Å². The van der Waals surface area contributed by atoms with Crippen molar-refractivity contribution >= 4 is 46.9 Å². The Bertz CT molecular complexity index is 926. The Balaban J connectivity index is 1.90. The fourth-order valence-corrected chi connectivity index (χ4v) is 3.04. The average Bonchev–Trinajstić information content (AvgIpc) is 2.88. The van der Waals surface area contributed by atoms with Gasteiger partial charge in [0.05, 0.1) is 15.7 Å². The summed E-state index contributed by atoms with van der Waals surface area (Å²) in [5, 5.41) is 3.04. The van der Waals surface area contributed by atoms with Crippen molar-refractivity contribution in [3.8, 4) is 18.1 Å². The summed E-state index contributed by atoms with van der Waals surface area (Å²) < 4.78 is 5.29. The zero-order chi connectivity index (χ0) is 18.7. The van der Waals surface area contributed by atoms with Crippen LogP contribution in [0.5, 0.6) is 5.75 Å². The van der Waals surface area contributed by atoms with Crippen molar-refractivity contribution in [3.05, 3.63) is 63.8 Å². The van der Waals surface area contributed by atoms with E-state index in [2.05, 4.69) is 11.2 Å². The Morgan fingerprint density at radius 3 is 2.42 bits per heavy atom. The summed E-state index contributed by atoms with van der Waals surface area (Å²) in [7, 11) is 0. The highest BCUT2D eigenvalue weighted by Gasteiger charge is 2.34. The van der Waals surface area contributed by atoms with Crippen LogP contribution in [0, 0.1) is 12.3 Å². The van der Waals surface area contributed by atoms with Gasteiger partial charge in [-0.2, -0.15) is 0 Å². The van der Waals surface area contributed by atoms with E-state index < -0.39 is 11.9 Å². The number of rotatable bonds is 4. The van der Waals surface area contributed by atoms with Crippen molar-refractivity contribution in [3.63, 3.8) is 0 Å². The first-order valence-electron chi connectivity index (χ1n) is 7.48. The Morgan fingerprint density at radius 1 is 1.15 bits per heavy atom. The first-order valence-corrected chi connectivity index (χ1v) is 8.24. The zero-order valence-corrected chi connectivity index (χ0v) is 14.8. The van der Waals surface area contributed by atoms with Crippen LogP contribution in [0.15, 0.2) is 48.2 Å². The molecule has 0 spiro atoms. The molecule has 0 saturated carbocycles. The summed E-state index contributed by atoms with van der Waals surface area (Å²) in [6, 6.07) is 11.2. The van der Waals surface area contributed by atoms with Crippen molar-refractivity contribution in [2.24, 2.45) is 0 Å². The van der Waals surface area contributed by atoms with E-state index in [1.54, 1.807) is 42.5 Å². The van der Waals surface area contributed by atoms with Gasteiger partial charge >= 0.3 is 6.03 Å². The van der Waals surface area contributed by atoms with Crippen molar-refractivity contribution in [2.75, 3.05) is 11.5 Å². The molecule has 5 nitrogen and oxygen atoms in total. The van der Waals surface area contributed by atoms with Gasteiger partial charge in [0.2, 0.25) is 0 Å². The number of terminal acetylenes is 1. The average molecular weight is 387 g/mol. The summed E-state index contributed by atoms with van der Waals surface area (Å²) >= 11 is 12.3. The molecular weight excluding hydrogens is 375 g/mol. The number of para-hydroxylation sites is 1. The zero-order valence-electron chi connectivity index (χ0n) is 13.3. The molecule has 1 fully saturated rings. The molecule has 0 bridgehead atoms. The molecule has 1 aliphatic heterocycles. The molecule has 1 saturated heterocycles. The molecular formula is C19H12Cl2N2O3. The molecule has 1 heterocycles. The number of anilines is 1. The van der Waals surface area contributed by atoms with E-state index in [1.807, 2.05) is 0 Å². The van der Waals surface area contributed by atoms with Crippen molar-refractivity contribution in [2.45, 2.75) is 0 Å². The van der Waals surface area contributed by atoms with Crippen LogP contribution in [0.25, 0.3) is 6.08 Å². The Hall–Kier alpha value is -2.94. The lowest BCUT2D eigenvalue weighted by Gasteiger charge is -2.11. The van der Waals surface area contributed by atoms with Crippen LogP contribution in [-0.4, -0.2) is 18.5 Å². The maximum atomic E-state index is 12.6. The van der Waals surface area contributed by atoms with Crippen LogP contribution in [0.2, 0.25) is 10.0 Å². The lowest BCUT2D eigenvalue weighted by atomic mass is 10.1. The maximum absolute atomic E-state index is 12.6. The second kappa shape index (κ2) is 7.52. The number of hydrogen-bond donors (Lipinski definition) is 1. The number of halogens is 2. The molecule has 1 aliphatic rings. The number of amides is 3. The predicted molar refractivity (Wildman–Crippen MR) is 101 cm³/mol. The molecule has 1 N–H and O–H groups in total. The number of nitrogens with one attached hydrogen (secondary N) is 1. The maximum Gasteiger partial charge on any atom is 0.333 e. The van der Waals surface area contributed by atoms with Crippen LogP contribution < -0.4 is 15.0 Å². The molecule has 26 heavy (non-hydrogen) atoms. The summed E-state index contributed by atoms with van der Waals surface area (Å²) in [4.78, 5) is 25.8. The summed E-state index contributed by atoms with van der Waals surface area (Å²) in [5.74, 6) is 2.12. The van der Waals surface area contributed by atoms with E-state index in [0.29, 0.717) is 11.3 Å². The highest BCUT2D eigenvalue weighted by molar-refractivity contribution is 6.37. The predicted octanol–water partition coefficient (Wildman–Crippen LogP) is 4.10. The molecule has 0 radical (unpaired) electrons. The highest BCUT2D eigenvalue weighted by atomic mass is 35.5. The third-order valence-electron chi connectivity index (χ3n) is 3.52. The highest BCUT2D eigenvalue weighted by Crippen LogP contribution is 2.35. The molecule has 0 aromatic heterocycles. The van der Waals surface area contributed by atoms with E-state index >= 15 is 0 Å². The standard InChI is InChI=1S/C19H12Cl2N2O3/c1-2-8-26-17-14(20)9-12(10-15(17)21)11-16-18(24)23(19(25)22-16)13-6-4-3-5-7-13/h1,3-7,9-11H,8H2,(H,22,25). The second-order valence-corrected chi connectivity index (χ2v) is 6.09. The Kier molecular flexibility index (Phi) is 5.17. The summed E-state index contributed by atoms with van der Waals surface area (Å²) in [6.45, 7) is 0.0282. The lowest BCUT2D eigenvalue weighted by molar-refractivity contribution is -0.113.